The molecule has 1 heterocycles. The van der Waals surface area contributed by atoms with Crippen LogP contribution >= 0.6 is 0 Å². The first-order chi connectivity index (χ1) is 7.88. The molecule has 0 aromatic carbocycles. The van der Waals surface area contributed by atoms with Gasteiger partial charge in [-0.05, 0) is 19.4 Å². The highest BCUT2D eigenvalue weighted by Crippen LogP contribution is 2.25. The summed E-state index contributed by atoms with van der Waals surface area (Å²) >= 11 is 0. The van der Waals surface area contributed by atoms with Gasteiger partial charge in [0.1, 0.15) is 0 Å². The largest absolute Gasteiger partial charge is 0.391 e. The molecule has 16 heavy (non-hydrogen) atoms. The van der Waals surface area contributed by atoms with Crippen molar-refractivity contribution >= 4 is 0 Å². The van der Waals surface area contributed by atoms with Gasteiger partial charge < -0.3 is 10.4 Å². The van der Waals surface area contributed by atoms with E-state index in [1.807, 2.05) is 19.9 Å². The van der Waals surface area contributed by atoms with Crippen molar-refractivity contribution in [3.8, 4) is 0 Å². The van der Waals surface area contributed by atoms with Crippen LogP contribution in [0.1, 0.15) is 26.7 Å². The van der Waals surface area contributed by atoms with E-state index < -0.39 is 0 Å². The van der Waals surface area contributed by atoms with Crippen molar-refractivity contribution in [3.63, 3.8) is 0 Å². The Morgan fingerprint density at radius 3 is 2.81 bits per heavy atom. The van der Waals surface area contributed by atoms with Crippen LogP contribution in [-0.2, 0) is 0 Å². The summed E-state index contributed by atoms with van der Waals surface area (Å²) in [6, 6.07) is 0. The van der Waals surface area contributed by atoms with Gasteiger partial charge in [0.05, 0.1) is 6.10 Å². The minimum atomic E-state index is -0.213. The maximum Gasteiger partial charge on any atom is 0.0730 e. The lowest BCUT2D eigenvalue weighted by Crippen LogP contribution is -2.41. The lowest BCUT2D eigenvalue weighted by atomic mass is 9.86. The van der Waals surface area contributed by atoms with E-state index in [0.717, 1.165) is 25.9 Å². The van der Waals surface area contributed by atoms with Crippen LogP contribution in [0.2, 0.25) is 0 Å². The summed E-state index contributed by atoms with van der Waals surface area (Å²) in [5.74, 6) is 0.351. The topological polar surface area (TPSA) is 32.3 Å². The van der Waals surface area contributed by atoms with Gasteiger partial charge in [-0.25, -0.2) is 0 Å². The Hall–Kier alpha value is -0.860. The Balaban J connectivity index is 0.000000606. The molecule has 1 saturated heterocycles. The summed E-state index contributed by atoms with van der Waals surface area (Å²) < 4.78 is 0. The Bertz CT molecular complexity index is 278. The van der Waals surface area contributed by atoms with E-state index >= 15 is 0 Å². The Labute approximate surface area is 98.8 Å². The van der Waals surface area contributed by atoms with Crippen LogP contribution < -0.4 is 5.32 Å². The van der Waals surface area contributed by atoms with Crippen LogP contribution in [0.5, 0.6) is 0 Å². The molecule has 2 nitrogen and oxygen atoms in total. The first-order valence-electron chi connectivity index (χ1n) is 6.29. The molecule has 0 spiro atoms. The average molecular weight is 221 g/mol. The zero-order valence-electron chi connectivity index (χ0n) is 10.3. The number of hydrogen-bond acceptors (Lipinski definition) is 2. The second-order valence-electron chi connectivity index (χ2n) is 3.93. The molecule has 2 aliphatic rings. The highest BCUT2D eigenvalue weighted by Gasteiger charge is 2.25. The van der Waals surface area contributed by atoms with Crippen LogP contribution in [0.3, 0.4) is 0 Å². The molecule has 90 valence electrons. The van der Waals surface area contributed by atoms with Crippen molar-refractivity contribution in [2.75, 3.05) is 13.1 Å². The molecule has 1 fully saturated rings. The number of nitrogens with one attached hydrogen (secondary N) is 1. The molecule has 0 aromatic heterocycles. The number of aliphatic hydroxyl groups is 1. The highest BCUT2D eigenvalue weighted by atomic mass is 16.3. The van der Waals surface area contributed by atoms with Gasteiger partial charge >= 0.3 is 0 Å². The van der Waals surface area contributed by atoms with Gasteiger partial charge in [-0.1, -0.05) is 49.8 Å². The van der Waals surface area contributed by atoms with Crippen molar-refractivity contribution in [2.45, 2.75) is 32.8 Å². The number of rotatable bonds is 1. The second-order valence-corrected chi connectivity index (χ2v) is 3.93. The predicted octanol–water partition coefficient (Wildman–Crippen LogP) is 2.43. The Morgan fingerprint density at radius 2 is 2.06 bits per heavy atom. The number of aliphatic hydroxyl groups excluding tert-OH is 1. The summed E-state index contributed by atoms with van der Waals surface area (Å²) in [6.45, 7) is 5.75. The highest BCUT2D eigenvalue weighted by molar-refractivity contribution is 5.26. The summed E-state index contributed by atoms with van der Waals surface area (Å²) in [6.07, 6.45) is 12.3. The predicted molar refractivity (Wildman–Crippen MR) is 69.3 cm³/mol. The molecule has 2 rings (SSSR count). The van der Waals surface area contributed by atoms with Gasteiger partial charge in [0.2, 0.25) is 0 Å². The average Bonchev–Trinajstić information content (AvgIpc) is 2.61. The smallest absolute Gasteiger partial charge is 0.0730 e. The molecule has 2 N–H and O–H groups in total. The van der Waals surface area contributed by atoms with Gasteiger partial charge in [0, 0.05) is 12.5 Å². The molecule has 0 bridgehead atoms. The molecular formula is C14H23NO. The van der Waals surface area contributed by atoms with Gasteiger partial charge in [0.25, 0.3) is 0 Å². The van der Waals surface area contributed by atoms with E-state index in [1.165, 1.54) is 5.57 Å². The summed E-state index contributed by atoms with van der Waals surface area (Å²) in [7, 11) is 0. The van der Waals surface area contributed by atoms with Gasteiger partial charge in [-0.15, -0.1) is 0 Å². The van der Waals surface area contributed by atoms with Crippen LogP contribution in [0.25, 0.3) is 0 Å². The molecule has 0 aromatic rings. The maximum atomic E-state index is 9.86. The fourth-order valence-corrected chi connectivity index (χ4v) is 2.14. The van der Waals surface area contributed by atoms with Crippen molar-refractivity contribution in [1.29, 1.82) is 0 Å². The quantitative estimate of drug-likeness (QED) is 0.713. The molecule has 2 atom stereocenters. The first-order valence-corrected chi connectivity index (χ1v) is 6.29. The van der Waals surface area contributed by atoms with Crippen LogP contribution in [0.15, 0.2) is 36.0 Å². The third-order valence-electron chi connectivity index (χ3n) is 2.95. The molecule has 0 unspecified atom stereocenters. The van der Waals surface area contributed by atoms with E-state index in [4.69, 9.17) is 0 Å². The molecule has 0 radical (unpaired) electrons. The lowest BCUT2D eigenvalue weighted by molar-refractivity contribution is 0.0987. The number of piperidine rings is 1. The van der Waals surface area contributed by atoms with E-state index in [2.05, 4.69) is 29.6 Å². The molecule has 1 aliphatic heterocycles. The lowest BCUT2D eigenvalue weighted by Gasteiger charge is -2.30. The van der Waals surface area contributed by atoms with Crippen LogP contribution in [-0.4, -0.2) is 24.3 Å². The molecule has 0 saturated carbocycles. The molecule has 0 amide bonds. The van der Waals surface area contributed by atoms with E-state index in [0.29, 0.717) is 5.92 Å². The molecular weight excluding hydrogens is 198 g/mol. The van der Waals surface area contributed by atoms with Gasteiger partial charge in [-0.3, -0.25) is 0 Å². The summed E-state index contributed by atoms with van der Waals surface area (Å²) in [5.41, 5.74) is 1.36. The SMILES string of the molecule is CC.O[C@@H]1CNCC[C@H]1C1=CC=CC=CC1. The van der Waals surface area contributed by atoms with E-state index in [-0.39, 0.29) is 6.10 Å². The normalized spacial score (nSPS) is 28.8. The van der Waals surface area contributed by atoms with Gasteiger partial charge in [0.15, 0.2) is 0 Å². The third-order valence-corrected chi connectivity index (χ3v) is 2.95. The van der Waals surface area contributed by atoms with Crippen LogP contribution in [0, 0.1) is 5.92 Å². The van der Waals surface area contributed by atoms with Crippen LogP contribution in [0.4, 0.5) is 0 Å². The number of allylic oxidation sites excluding steroid dienone is 5. The molecule has 1 aliphatic carbocycles. The maximum absolute atomic E-state index is 9.86. The van der Waals surface area contributed by atoms with Gasteiger partial charge in [-0.2, -0.15) is 0 Å². The monoisotopic (exact) mass is 221 g/mol. The van der Waals surface area contributed by atoms with E-state index in [1.54, 1.807) is 0 Å². The number of hydrogen-bond donors (Lipinski definition) is 2. The Kier molecular flexibility index (Phi) is 6.12. The molecule has 2 heteroatoms. The minimum Gasteiger partial charge on any atom is -0.391 e. The first kappa shape index (κ1) is 13.2. The minimum absolute atomic E-state index is 0.213. The third kappa shape index (κ3) is 3.62. The van der Waals surface area contributed by atoms with Crippen molar-refractivity contribution < 1.29 is 5.11 Å². The van der Waals surface area contributed by atoms with Crippen molar-refractivity contribution in [1.82, 2.24) is 5.32 Å². The summed E-state index contributed by atoms with van der Waals surface area (Å²) in [5, 5.41) is 13.1. The van der Waals surface area contributed by atoms with Crippen molar-refractivity contribution in [3.05, 3.63) is 36.0 Å². The zero-order chi connectivity index (χ0) is 11.8. The zero-order valence-corrected chi connectivity index (χ0v) is 10.3. The standard InChI is InChI=1S/C12H17NO.C2H6/c14-12-9-13-8-7-11(12)10-5-3-1-2-4-6-10;1-2/h1-5,11-14H,6-9H2;1-2H3/t11-,12+;/m0./s1. The number of β-amino-alcohol motifs (C(OH)–C–C–N with tert-alkyl or cyclic N) is 1. The van der Waals surface area contributed by atoms with Crippen molar-refractivity contribution in [2.24, 2.45) is 5.92 Å². The summed E-state index contributed by atoms with van der Waals surface area (Å²) in [4.78, 5) is 0. The van der Waals surface area contributed by atoms with E-state index in [9.17, 15) is 5.11 Å². The Morgan fingerprint density at radius 1 is 1.25 bits per heavy atom. The second kappa shape index (κ2) is 7.42. The fourth-order valence-electron chi connectivity index (χ4n) is 2.14. The fraction of sp³-hybridized carbons (Fsp3) is 0.571.